The van der Waals surface area contributed by atoms with Gasteiger partial charge in [-0.1, -0.05) is 0 Å². The van der Waals surface area contributed by atoms with Crippen LogP contribution in [0, 0.1) is 0 Å². The Bertz CT molecular complexity index is 1080. The van der Waals surface area contributed by atoms with Crippen LogP contribution >= 0.6 is 0 Å². The molecule has 3 aromatic carbocycles. The van der Waals surface area contributed by atoms with Crippen molar-refractivity contribution in [1.29, 1.82) is 0 Å². The maximum atomic E-state index is 13.3. The number of phenolic OH excluding ortho intramolecular Hbond substituents is 2. The van der Waals surface area contributed by atoms with Crippen molar-refractivity contribution in [2.75, 3.05) is 4.90 Å². The molecule has 1 amide bonds. The molecule has 29 heavy (non-hydrogen) atoms. The summed E-state index contributed by atoms with van der Waals surface area (Å²) in [7, 11) is 0. The van der Waals surface area contributed by atoms with Gasteiger partial charge in [-0.15, -0.1) is 0 Å². The van der Waals surface area contributed by atoms with E-state index in [-0.39, 0.29) is 17.4 Å². The molecule has 0 unspecified atom stereocenters. The van der Waals surface area contributed by atoms with Gasteiger partial charge in [-0.25, -0.2) is 0 Å². The van der Waals surface area contributed by atoms with Crippen molar-refractivity contribution in [3.8, 4) is 11.5 Å². The summed E-state index contributed by atoms with van der Waals surface area (Å²) in [6.45, 7) is 0.495. The summed E-state index contributed by atoms with van der Waals surface area (Å²) >= 11 is 3.03. The fourth-order valence-corrected chi connectivity index (χ4v) is 4.00. The molecule has 1 aliphatic rings. The van der Waals surface area contributed by atoms with Gasteiger partial charge in [-0.05, 0) is 0 Å². The molecule has 1 aliphatic heterocycles. The van der Waals surface area contributed by atoms with E-state index >= 15 is 0 Å². The minimum absolute atomic E-state index is 0.0657. The third-order valence-electron chi connectivity index (χ3n) is 4.56. The summed E-state index contributed by atoms with van der Waals surface area (Å²) < 4.78 is 0.667. The van der Waals surface area contributed by atoms with Gasteiger partial charge in [0.1, 0.15) is 0 Å². The predicted octanol–water partition coefficient (Wildman–Crippen LogP) is 3.24. The zero-order chi connectivity index (χ0) is 20.4. The molecular formula is C23H18N2O3Se. The van der Waals surface area contributed by atoms with E-state index in [1.807, 2.05) is 65.6 Å². The Kier molecular flexibility index (Phi) is 5.21. The summed E-state index contributed by atoms with van der Waals surface area (Å²) in [5.41, 5.74) is 2.78. The molecule has 1 heterocycles. The Hall–Kier alpha value is -3.34. The summed E-state index contributed by atoms with van der Waals surface area (Å²) in [4.78, 5) is 16.9. The number of carbonyl (C=O) groups is 1. The van der Waals surface area contributed by atoms with Crippen molar-refractivity contribution in [3.05, 3.63) is 95.7 Å². The van der Waals surface area contributed by atoms with Crippen LogP contribution in [-0.2, 0) is 11.3 Å². The fourth-order valence-electron chi connectivity index (χ4n) is 3.26. The van der Waals surface area contributed by atoms with E-state index in [4.69, 9.17) is 0 Å². The normalized spacial score (nSPS) is 15.4. The van der Waals surface area contributed by atoms with Gasteiger partial charge in [0.05, 0.1) is 0 Å². The standard InChI is InChI=1S/C23H18N2O3Se/c26-19-11-17(12-20(27)14-19)13-21-22(28)25(18-9-5-2-6-10-18)23(29)24(21)15-16-7-3-1-4-8-16/h1-14,26-27H,15H2. The fraction of sp³-hybridized carbons (Fsp3) is 0.0435. The van der Waals surface area contributed by atoms with Crippen molar-refractivity contribution in [2.24, 2.45) is 0 Å². The Labute approximate surface area is 176 Å². The Morgan fingerprint density at radius 1 is 0.862 bits per heavy atom. The zero-order valence-corrected chi connectivity index (χ0v) is 17.1. The second-order valence-electron chi connectivity index (χ2n) is 6.64. The van der Waals surface area contributed by atoms with Crippen molar-refractivity contribution in [2.45, 2.75) is 6.54 Å². The van der Waals surface area contributed by atoms with E-state index in [2.05, 4.69) is 15.6 Å². The van der Waals surface area contributed by atoms with Crippen molar-refractivity contribution in [3.63, 3.8) is 0 Å². The van der Waals surface area contributed by atoms with E-state index in [1.165, 1.54) is 18.2 Å². The average molecular weight is 449 g/mol. The molecule has 2 N–H and O–H groups in total. The molecule has 5 nitrogen and oxygen atoms in total. The quantitative estimate of drug-likeness (QED) is 0.474. The van der Waals surface area contributed by atoms with Crippen LogP contribution in [0.15, 0.2) is 84.6 Å². The minimum atomic E-state index is -0.191. The van der Waals surface area contributed by atoms with Crippen LogP contribution in [0.1, 0.15) is 11.1 Å². The van der Waals surface area contributed by atoms with E-state index in [0.717, 1.165) is 11.3 Å². The SMILES string of the molecule is O=C1C(=Cc2cc(O)cc(O)c2)N(Cc2ccccc2)C(=[Se])N1c1ccccc1. The third kappa shape index (κ3) is 3.94. The van der Waals surface area contributed by atoms with Crippen LogP contribution in [0.25, 0.3) is 6.08 Å². The number of hydrogen-bond acceptors (Lipinski definition) is 4. The molecule has 3 aromatic rings. The molecule has 0 aromatic heterocycles. The van der Waals surface area contributed by atoms with E-state index in [0.29, 0.717) is 22.5 Å². The average Bonchev–Trinajstić information content (AvgIpc) is 2.93. The number of para-hydroxylation sites is 1. The Morgan fingerprint density at radius 2 is 1.45 bits per heavy atom. The van der Waals surface area contributed by atoms with Crippen LogP contribution in [-0.4, -0.2) is 41.3 Å². The molecule has 144 valence electrons. The first-order valence-electron chi connectivity index (χ1n) is 9.02. The number of carbonyl (C=O) groups excluding carboxylic acids is 1. The van der Waals surface area contributed by atoms with Gasteiger partial charge in [-0.3, -0.25) is 0 Å². The molecule has 0 bridgehead atoms. The molecule has 0 atom stereocenters. The van der Waals surface area contributed by atoms with Gasteiger partial charge in [0.15, 0.2) is 0 Å². The molecule has 0 saturated carbocycles. The predicted molar refractivity (Wildman–Crippen MR) is 114 cm³/mol. The van der Waals surface area contributed by atoms with Gasteiger partial charge in [0, 0.05) is 0 Å². The van der Waals surface area contributed by atoms with Crippen molar-refractivity contribution >= 4 is 37.9 Å². The summed E-state index contributed by atoms with van der Waals surface area (Å²) in [6.07, 6.45) is 1.67. The van der Waals surface area contributed by atoms with Crippen molar-refractivity contribution in [1.82, 2.24) is 4.90 Å². The Morgan fingerprint density at radius 3 is 2.07 bits per heavy atom. The summed E-state index contributed by atoms with van der Waals surface area (Å²) in [5, 5.41) is 19.6. The number of phenols is 2. The van der Waals surface area contributed by atoms with Gasteiger partial charge in [-0.2, -0.15) is 0 Å². The molecule has 1 fully saturated rings. The third-order valence-corrected chi connectivity index (χ3v) is 5.41. The molecule has 6 heteroatoms. The molecular weight excluding hydrogens is 431 g/mol. The topological polar surface area (TPSA) is 64.0 Å². The number of hydrogen-bond donors (Lipinski definition) is 2. The maximum absolute atomic E-state index is 13.3. The van der Waals surface area contributed by atoms with Crippen LogP contribution in [0.5, 0.6) is 11.5 Å². The molecule has 0 aliphatic carbocycles. The van der Waals surface area contributed by atoms with Crippen LogP contribution in [0.2, 0.25) is 0 Å². The number of aromatic hydroxyl groups is 2. The van der Waals surface area contributed by atoms with Crippen LogP contribution in [0.3, 0.4) is 0 Å². The van der Waals surface area contributed by atoms with E-state index in [1.54, 1.807) is 11.0 Å². The molecule has 4 rings (SSSR count). The van der Waals surface area contributed by atoms with Gasteiger partial charge < -0.3 is 0 Å². The monoisotopic (exact) mass is 450 g/mol. The first-order valence-corrected chi connectivity index (χ1v) is 9.88. The zero-order valence-electron chi connectivity index (χ0n) is 15.4. The first-order chi connectivity index (χ1) is 14.0. The molecule has 0 radical (unpaired) electrons. The molecule has 1 saturated heterocycles. The number of benzene rings is 3. The number of anilines is 1. The van der Waals surface area contributed by atoms with Gasteiger partial charge in [0.2, 0.25) is 0 Å². The van der Waals surface area contributed by atoms with Crippen LogP contribution < -0.4 is 4.90 Å². The van der Waals surface area contributed by atoms with E-state index < -0.39 is 0 Å². The summed E-state index contributed by atoms with van der Waals surface area (Å²) in [6, 6.07) is 23.5. The Balaban J connectivity index is 1.79. The summed E-state index contributed by atoms with van der Waals surface area (Å²) in [5.74, 6) is -0.322. The van der Waals surface area contributed by atoms with Gasteiger partial charge >= 0.3 is 176 Å². The second-order valence-corrected chi connectivity index (χ2v) is 7.41. The number of rotatable bonds is 4. The van der Waals surface area contributed by atoms with E-state index in [9.17, 15) is 15.0 Å². The number of amides is 1. The molecule has 0 spiro atoms. The number of nitrogens with zero attached hydrogens (tertiary/aromatic N) is 2. The van der Waals surface area contributed by atoms with Gasteiger partial charge in [0.25, 0.3) is 0 Å². The second kappa shape index (κ2) is 7.95. The van der Waals surface area contributed by atoms with Crippen molar-refractivity contribution < 1.29 is 15.0 Å². The van der Waals surface area contributed by atoms with Crippen LogP contribution in [0.4, 0.5) is 5.69 Å². The first kappa shape index (κ1) is 19.0.